The van der Waals surface area contributed by atoms with Crippen molar-refractivity contribution in [1.82, 2.24) is 9.78 Å². The lowest BCUT2D eigenvalue weighted by Crippen LogP contribution is -2.06. The Morgan fingerprint density at radius 2 is 2.06 bits per heavy atom. The molecule has 0 spiro atoms. The third kappa shape index (κ3) is 3.11. The minimum absolute atomic E-state index is 0.106. The van der Waals surface area contributed by atoms with Crippen molar-refractivity contribution in [2.75, 3.05) is 11.9 Å². The lowest BCUT2D eigenvalue weighted by Gasteiger charge is -2.14. The molecule has 0 amide bonds. The van der Waals surface area contributed by atoms with Gasteiger partial charge in [-0.05, 0) is 19.4 Å². The maximum atomic E-state index is 8.83. The molecule has 0 aliphatic heterocycles. The minimum atomic E-state index is 0.106. The summed E-state index contributed by atoms with van der Waals surface area (Å²) >= 11 is 0. The van der Waals surface area contributed by atoms with E-state index in [0.717, 1.165) is 5.69 Å². The summed E-state index contributed by atoms with van der Waals surface area (Å²) in [4.78, 5) is 0. The lowest BCUT2D eigenvalue weighted by atomic mass is 10.1. The van der Waals surface area contributed by atoms with Crippen LogP contribution in [-0.2, 0) is 6.54 Å². The van der Waals surface area contributed by atoms with Crippen LogP contribution in [0, 0.1) is 6.92 Å². The molecule has 0 saturated heterocycles. The quantitative estimate of drug-likeness (QED) is 0.850. The average Bonchev–Trinajstić information content (AvgIpc) is 2.78. The molecule has 1 aromatic heterocycles. The number of hydrogen-bond donors (Lipinski definition) is 2. The molecule has 1 aromatic carbocycles. The van der Waals surface area contributed by atoms with Crippen molar-refractivity contribution < 1.29 is 5.11 Å². The van der Waals surface area contributed by atoms with Crippen molar-refractivity contribution in [3.05, 3.63) is 47.8 Å². The number of aryl methyl sites for hydroxylation is 1. The van der Waals surface area contributed by atoms with Gasteiger partial charge in [0.25, 0.3) is 0 Å². The van der Waals surface area contributed by atoms with Gasteiger partial charge in [0, 0.05) is 12.2 Å². The van der Waals surface area contributed by atoms with Gasteiger partial charge in [0.05, 0.1) is 25.0 Å². The predicted octanol–water partition coefficient (Wildman–Crippen LogP) is 2.36. The first-order chi connectivity index (χ1) is 8.69. The van der Waals surface area contributed by atoms with Crippen molar-refractivity contribution in [3.8, 4) is 0 Å². The molecule has 2 aromatic rings. The third-order valence-electron chi connectivity index (χ3n) is 2.92. The zero-order valence-electron chi connectivity index (χ0n) is 10.8. The SMILES string of the molecule is Cc1ccc(C(C)Nc2cnn(CCO)c2)cc1. The molecule has 2 rings (SSSR count). The number of nitrogens with one attached hydrogen (secondary N) is 1. The topological polar surface area (TPSA) is 50.1 Å². The summed E-state index contributed by atoms with van der Waals surface area (Å²) < 4.78 is 1.73. The number of aliphatic hydroxyl groups excluding tert-OH is 1. The van der Waals surface area contributed by atoms with Crippen molar-refractivity contribution in [2.45, 2.75) is 26.4 Å². The summed E-state index contributed by atoms with van der Waals surface area (Å²) in [6.45, 7) is 4.84. The Kier molecular flexibility index (Phi) is 3.99. The van der Waals surface area contributed by atoms with Gasteiger partial charge in [-0.3, -0.25) is 4.68 Å². The molecule has 1 atom stereocenters. The predicted molar refractivity (Wildman–Crippen MR) is 72.5 cm³/mol. The van der Waals surface area contributed by atoms with E-state index in [0.29, 0.717) is 6.54 Å². The van der Waals surface area contributed by atoms with E-state index >= 15 is 0 Å². The van der Waals surface area contributed by atoms with E-state index in [4.69, 9.17) is 5.11 Å². The van der Waals surface area contributed by atoms with E-state index in [-0.39, 0.29) is 12.6 Å². The fourth-order valence-electron chi connectivity index (χ4n) is 1.85. The van der Waals surface area contributed by atoms with Gasteiger partial charge in [0.15, 0.2) is 0 Å². The van der Waals surface area contributed by atoms with Crippen LogP contribution in [0.5, 0.6) is 0 Å². The third-order valence-corrected chi connectivity index (χ3v) is 2.92. The van der Waals surface area contributed by atoms with Gasteiger partial charge >= 0.3 is 0 Å². The molecule has 4 nitrogen and oxygen atoms in total. The highest BCUT2D eigenvalue weighted by molar-refractivity contribution is 5.41. The fraction of sp³-hybridized carbons (Fsp3) is 0.357. The molecule has 18 heavy (non-hydrogen) atoms. The van der Waals surface area contributed by atoms with Crippen LogP contribution in [0.2, 0.25) is 0 Å². The Bertz CT molecular complexity index is 490. The Morgan fingerprint density at radius 1 is 1.33 bits per heavy atom. The monoisotopic (exact) mass is 245 g/mol. The maximum absolute atomic E-state index is 8.83. The first-order valence-electron chi connectivity index (χ1n) is 6.15. The Hall–Kier alpha value is -1.81. The minimum Gasteiger partial charge on any atom is -0.394 e. The van der Waals surface area contributed by atoms with Crippen LogP contribution in [0.4, 0.5) is 5.69 Å². The van der Waals surface area contributed by atoms with Crippen molar-refractivity contribution >= 4 is 5.69 Å². The zero-order chi connectivity index (χ0) is 13.0. The highest BCUT2D eigenvalue weighted by atomic mass is 16.3. The maximum Gasteiger partial charge on any atom is 0.0731 e. The van der Waals surface area contributed by atoms with Crippen LogP contribution in [0.25, 0.3) is 0 Å². The molecule has 0 radical (unpaired) electrons. The molecular formula is C14H19N3O. The van der Waals surface area contributed by atoms with Crippen molar-refractivity contribution in [2.24, 2.45) is 0 Å². The van der Waals surface area contributed by atoms with E-state index in [9.17, 15) is 0 Å². The second kappa shape index (κ2) is 5.69. The van der Waals surface area contributed by atoms with E-state index in [1.54, 1.807) is 10.9 Å². The Balaban J connectivity index is 2.01. The van der Waals surface area contributed by atoms with Crippen LogP contribution in [0.15, 0.2) is 36.7 Å². The van der Waals surface area contributed by atoms with E-state index in [2.05, 4.69) is 48.5 Å². The highest BCUT2D eigenvalue weighted by Gasteiger charge is 2.06. The van der Waals surface area contributed by atoms with Crippen LogP contribution in [-0.4, -0.2) is 21.5 Å². The van der Waals surface area contributed by atoms with E-state index in [1.807, 2.05) is 6.20 Å². The van der Waals surface area contributed by atoms with E-state index < -0.39 is 0 Å². The summed E-state index contributed by atoms with van der Waals surface area (Å²) in [5.41, 5.74) is 3.48. The molecule has 1 unspecified atom stereocenters. The van der Waals surface area contributed by atoms with Gasteiger partial charge in [-0.2, -0.15) is 5.10 Å². The molecule has 0 bridgehead atoms. The summed E-state index contributed by atoms with van der Waals surface area (Å²) in [6, 6.07) is 8.72. The Labute approximate surface area is 107 Å². The normalized spacial score (nSPS) is 12.4. The first-order valence-corrected chi connectivity index (χ1v) is 6.15. The van der Waals surface area contributed by atoms with Crippen LogP contribution >= 0.6 is 0 Å². The first kappa shape index (κ1) is 12.6. The summed E-state index contributed by atoms with van der Waals surface area (Å²) in [5.74, 6) is 0. The van der Waals surface area contributed by atoms with Crippen molar-refractivity contribution in [1.29, 1.82) is 0 Å². The number of anilines is 1. The zero-order valence-corrected chi connectivity index (χ0v) is 10.8. The molecule has 0 saturated carbocycles. The largest absolute Gasteiger partial charge is 0.394 e. The molecule has 0 aliphatic carbocycles. The molecule has 0 fully saturated rings. The number of aromatic nitrogens is 2. The highest BCUT2D eigenvalue weighted by Crippen LogP contribution is 2.18. The second-order valence-corrected chi connectivity index (χ2v) is 4.49. The van der Waals surface area contributed by atoms with Gasteiger partial charge < -0.3 is 10.4 Å². The average molecular weight is 245 g/mol. The summed E-state index contributed by atoms with van der Waals surface area (Å²) in [5, 5.41) is 16.4. The van der Waals surface area contributed by atoms with Crippen LogP contribution in [0.3, 0.4) is 0 Å². The van der Waals surface area contributed by atoms with E-state index in [1.165, 1.54) is 11.1 Å². The van der Waals surface area contributed by atoms with Gasteiger partial charge in [-0.15, -0.1) is 0 Å². The number of rotatable bonds is 5. The van der Waals surface area contributed by atoms with Crippen LogP contribution < -0.4 is 5.32 Å². The molecule has 2 N–H and O–H groups in total. The number of hydrogen-bond acceptors (Lipinski definition) is 3. The van der Waals surface area contributed by atoms with Crippen LogP contribution in [0.1, 0.15) is 24.1 Å². The number of benzene rings is 1. The number of aliphatic hydroxyl groups is 1. The molecular weight excluding hydrogens is 226 g/mol. The smallest absolute Gasteiger partial charge is 0.0731 e. The molecule has 96 valence electrons. The molecule has 0 aliphatic rings. The summed E-state index contributed by atoms with van der Waals surface area (Å²) in [7, 11) is 0. The molecule has 1 heterocycles. The van der Waals surface area contributed by atoms with Gasteiger partial charge in [0.1, 0.15) is 0 Å². The van der Waals surface area contributed by atoms with Gasteiger partial charge in [-0.25, -0.2) is 0 Å². The summed E-state index contributed by atoms with van der Waals surface area (Å²) in [6.07, 6.45) is 3.68. The Morgan fingerprint density at radius 3 is 2.72 bits per heavy atom. The fourth-order valence-corrected chi connectivity index (χ4v) is 1.85. The molecule has 4 heteroatoms. The second-order valence-electron chi connectivity index (χ2n) is 4.49. The van der Waals surface area contributed by atoms with Crippen molar-refractivity contribution in [3.63, 3.8) is 0 Å². The lowest BCUT2D eigenvalue weighted by molar-refractivity contribution is 0.269. The van der Waals surface area contributed by atoms with Gasteiger partial charge in [-0.1, -0.05) is 29.8 Å². The number of nitrogens with zero attached hydrogens (tertiary/aromatic N) is 2. The standard InChI is InChI=1S/C14H19N3O/c1-11-3-5-13(6-4-11)12(2)16-14-9-15-17(10-14)7-8-18/h3-6,9-10,12,16,18H,7-8H2,1-2H3. The van der Waals surface area contributed by atoms with Gasteiger partial charge in [0.2, 0.25) is 0 Å².